The van der Waals surface area contributed by atoms with Gasteiger partial charge >= 0.3 is 0 Å². The molecule has 1 aliphatic rings. The lowest BCUT2D eigenvalue weighted by Crippen LogP contribution is -2.21. The Balaban J connectivity index is 0.00000289. The molecule has 1 unspecified atom stereocenters. The van der Waals surface area contributed by atoms with Crippen LogP contribution in [-0.2, 0) is 6.42 Å². The van der Waals surface area contributed by atoms with Gasteiger partial charge in [0.15, 0.2) is 0 Å². The van der Waals surface area contributed by atoms with Crippen LogP contribution in [0.15, 0.2) is 72.2 Å². The third-order valence-electron chi connectivity index (χ3n) is 6.64. The third-order valence-corrected chi connectivity index (χ3v) is 6.64. The van der Waals surface area contributed by atoms with Crippen LogP contribution in [0.3, 0.4) is 0 Å². The van der Waals surface area contributed by atoms with E-state index in [-0.39, 0.29) is 2.85 Å². The van der Waals surface area contributed by atoms with Gasteiger partial charge in [-0.1, -0.05) is 89.4 Å². The van der Waals surface area contributed by atoms with Gasteiger partial charge in [-0.3, -0.25) is 4.98 Å². The summed E-state index contributed by atoms with van der Waals surface area (Å²) in [5, 5.41) is 3.75. The number of nitrogens with zero attached hydrogens (tertiary/aromatic N) is 1. The van der Waals surface area contributed by atoms with Gasteiger partial charge in [-0.25, -0.2) is 0 Å². The number of rotatable bonds is 9. The van der Waals surface area contributed by atoms with Gasteiger partial charge in [-0.05, 0) is 67.3 Å². The number of benzene rings is 1. The molecule has 2 heteroatoms. The lowest BCUT2D eigenvalue weighted by molar-refractivity contribution is 0.374. The second kappa shape index (κ2) is 11.5. The van der Waals surface area contributed by atoms with Gasteiger partial charge in [0.2, 0.25) is 0 Å². The van der Waals surface area contributed by atoms with E-state index in [1.165, 1.54) is 42.5 Å². The first-order valence-electron chi connectivity index (χ1n) is 12.5. The molecular formula is C30H46N2. The van der Waals surface area contributed by atoms with Gasteiger partial charge in [0.25, 0.3) is 0 Å². The van der Waals surface area contributed by atoms with Crippen molar-refractivity contribution in [3.63, 3.8) is 0 Å². The largest absolute Gasteiger partial charge is 0.365 e. The maximum Gasteiger partial charge on any atom is 0.0701 e. The number of allylic oxidation sites excluding steroid dienone is 3. The topological polar surface area (TPSA) is 24.9 Å². The summed E-state index contributed by atoms with van der Waals surface area (Å²) >= 11 is 0. The molecule has 0 radical (unpaired) electrons. The molecule has 2 nitrogen and oxygen atoms in total. The Kier molecular flexibility index (Phi) is 8.73. The van der Waals surface area contributed by atoms with Crippen molar-refractivity contribution in [3.05, 3.63) is 77.8 Å². The molecule has 0 spiro atoms. The average molecular weight is 435 g/mol. The molecule has 1 aromatic heterocycles. The Morgan fingerprint density at radius 3 is 2.41 bits per heavy atom. The highest BCUT2D eigenvalue weighted by Crippen LogP contribution is 2.32. The predicted molar refractivity (Wildman–Crippen MR) is 142 cm³/mol. The lowest BCUT2D eigenvalue weighted by Gasteiger charge is -2.25. The van der Waals surface area contributed by atoms with Crippen LogP contribution in [0.25, 0.3) is 11.3 Å². The molecule has 0 amide bonds. The van der Waals surface area contributed by atoms with E-state index >= 15 is 0 Å². The summed E-state index contributed by atoms with van der Waals surface area (Å²) in [4.78, 5) is 4.49. The first-order valence-corrected chi connectivity index (χ1v) is 12.5. The summed E-state index contributed by atoms with van der Waals surface area (Å²) < 4.78 is 0. The normalized spacial score (nSPS) is 15.6. The zero-order chi connectivity index (χ0) is 23.0. The molecule has 3 rings (SSSR count). The minimum atomic E-state index is 0. The molecule has 2 aromatic rings. The minimum Gasteiger partial charge on any atom is -0.365 e. The number of hydrogen-bond acceptors (Lipinski definition) is 2. The van der Waals surface area contributed by atoms with Crippen molar-refractivity contribution in [3.8, 4) is 11.3 Å². The summed E-state index contributed by atoms with van der Waals surface area (Å²) in [6.45, 7) is 11.7. The van der Waals surface area contributed by atoms with E-state index < -0.39 is 0 Å². The molecule has 1 atom stereocenters. The first-order chi connectivity index (χ1) is 15.4. The zero-order valence-corrected chi connectivity index (χ0v) is 20.8. The molecule has 32 heavy (non-hydrogen) atoms. The standard InChI is InChI=1S/C30H42N2.2H2/c1-6-23(7-2)19-27(29-13-10-11-25(22-32-29)21-30(3,4)5)20-24-14-16-26(17-15-24)28-12-8-9-18-31-28;;/h8-9,12-18,22-23,27,32H,6-7,10-11,19-21H2,1-5H3;2*1H. The third kappa shape index (κ3) is 7.36. The highest BCUT2D eigenvalue weighted by Gasteiger charge is 2.21. The van der Waals surface area contributed by atoms with Crippen molar-refractivity contribution in [2.45, 2.75) is 79.6 Å². The summed E-state index contributed by atoms with van der Waals surface area (Å²) in [6.07, 6.45) is 15.0. The zero-order valence-electron chi connectivity index (χ0n) is 20.8. The fraction of sp³-hybridized carbons (Fsp3) is 0.500. The van der Waals surface area contributed by atoms with E-state index in [2.05, 4.69) is 87.5 Å². The molecule has 0 saturated carbocycles. The first kappa shape index (κ1) is 24.3. The quantitative estimate of drug-likeness (QED) is 0.426. The van der Waals surface area contributed by atoms with Gasteiger partial charge in [0.1, 0.15) is 0 Å². The number of hydrogen-bond donors (Lipinski definition) is 1. The molecule has 1 aromatic carbocycles. The van der Waals surface area contributed by atoms with Crippen LogP contribution in [0.4, 0.5) is 0 Å². The SMILES string of the molecule is CCC(CC)CC(Cc1ccc(-c2ccccn2)cc1)C1=CCCC(CC(C)(C)C)=CN1.[HH].[HH]. The van der Waals surface area contributed by atoms with E-state index in [0.717, 1.165) is 30.9 Å². The van der Waals surface area contributed by atoms with Gasteiger partial charge in [0.05, 0.1) is 5.69 Å². The maximum atomic E-state index is 4.49. The van der Waals surface area contributed by atoms with Crippen LogP contribution < -0.4 is 5.32 Å². The van der Waals surface area contributed by atoms with Gasteiger partial charge in [-0.15, -0.1) is 0 Å². The average Bonchev–Trinajstić information content (AvgIpc) is 3.02. The van der Waals surface area contributed by atoms with E-state index in [9.17, 15) is 0 Å². The van der Waals surface area contributed by atoms with Crippen LogP contribution in [0, 0.1) is 17.3 Å². The molecule has 176 valence electrons. The Bertz CT molecular complexity index is 892. The van der Waals surface area contributed by atoms with Gasteiger partial charge < -0.3 is 5.32 Å². The summed E-state index contributed by atoms with van der Waals surface area (Å²) in [5.74, 6) is 1.31. The van der Waals surface area contributed by atoms with E-state index in [1.54, 1.807) is 5.57 Å². The van der Waals surface area contributed by atoms with Crippen molar-refractivity contribution >= 4 is 0 Å². The molecule has 0 bridgehead atoms. The van der Waals surface area contributed by atoms with Gasteiger partial charge in [0, 0.05) is 26.2 Å². The van der Waals surface area contributed by atoms with Crippen molar-refractivity contribution in [1.29, 1.82) is 0 Å². The van der Waals surface area contributed by atoms with Crippen LogP contribution in [0.2, 0.25) is 0 Å². The Morgan fingerprint density at radius 1 is 1.03 bits per heavy atom. The molecule has 0 fully saturated rings. The smallest absolute Gasteiger partial charge is 0.0701 e. The summed E-state index contributed by atoms with van der Waals surface area (Å²) in [7, 11) is 0. The van der Waals surface area contributed by atoms with E-state index in [4.69, 9.17) is 0 Å². The lowest BCUT2D eigenvalue weighted by atomic mass is 9.84. The number of nitrogens with one attached hydrogen (secondary N) is 1. The molecule has 1 N–H and O–H groups in total. The molecule has 1 aliphatic heterocycles. The van der Waals surface area contributed by atoms with Crippen LogP contribution >= 0.6 is 0 Å². The number of pyridine rings is 1. The van der Waals surface area contributed by atoms with E-state index in [0.29, 0.717) is 11.3 Å². The van der Waals surface area contributed by atoms with Crippen LogP contribution in [0.5, 0.6) is 0 Å². The highest BCUT2D eigenvalue weighted by molar-refractivity contribution is 5.59. The second-order valence-corrected chi connectivity index (χ2v) is 10.6. The van der Waals surface area contributed by atoms with E-state index in [1.807, 2.05) is 18.3 Å². The summed E-state index contributed by atoms with van der Waals surface area (Å²) in [6, 6.07) is 15.1. The van der Waals surface area contributed by atoms with Crippen molar-refractivity contribution in [1.82, 2.24) is 10.3 Å². The molecule has 2 heterocycles. The van der Waals surface area contributed by atoms with Crippen LogP contribution in [-0.4, -0.2) is 4.98 Å². The van der Waals surface area contributed by atoms with Crippen molar-refractivity contribution in [2.24, 2.45) is 17.3 Å². The Labute approximate surface area is 199 Å². The second-order valence-electron chi connectivity index (χ2n) is 10.6. The minimum absolute atomic E-state index is 0. The molecule has 0 aliphatic carbocycles. The highest BCUT2D eigenvalue weighted by atomic mass is 14.9. The van der Waals surface area contributed by atoms with Crippen molar-refractivity contribution in [2.75, 3.05) is 0 Å². The summed E-state index contributed by atoms with van der Waals surface area (Å²) in [5.41, 5.74) is 6.94. The van der Waals surface area contributed by atoms with Crippen molar-refractivity contribution < 1.29 is 2.85 Å². The predicted octanol–water partition coefficient (Wildman–Crippen LogP) is 8.81. The molecule has 0 saturated heterocycles. The monoisotopic (exact) mass is 434 g/mol. The van der Waals surface area contributed by atoms with Gasteiger partial charge in [-0.2, -0.15) is 0 Å². The number of aromatic nitrogens is 1. The molecular weight excluding hydrogens is 388 g/mol. The van der Waals surface area contributed by atoms with Crippen LogP contribution in [0.1, 0.15) is 81.6 Å². The Morgan fingerprint density at radius 2 is 1.78 bits per heavy atom. The maximum absolute atomic E-state index is 4.49. The fourth-order valence-corrected chi connectivity index (χ4v) is 4.81. The fourth-order valence-electron chi connectivity index (χ4n) is 4.81. The Hall–Kier alpha value is -2.35.